The summed E-state index contributed by atoms with van der Waals surface area (Å²) in [6, 6.07) is 12.5. The van der Waals surface area contributed by atoms with Gasteiger partial charge in [-0.1, -0.05) is 60.1 Å². The topological polar surface area (TPSA) is 88.1 Å². The van der Waals surface area contributed by atoms with E-state index in [1.54, 1.807) is 22.7 Å². The van der Waals surface area contributed by atoms with Crippen LogP contribution in [-0.4, -0.2) is 37.3 Å². The van der Waals surface area contributed by atoms with Crippen LogP contribution in [0.15, 0.2) is 60.2 Å². The monoisotopic (exact) mass is 435 g/mol. The Morgan fingerprint density at radius 1 is 1.10 bits per heavy atom. The highest BCUT2D eigenvalue weighted by Gasteiger charge is 2.34. The van der Waals surface area contributed by atoms with Crippen LogP contribution in [0, 0.1) is 0 Å². The third kappa shape index (κ3) is 5.32. The largest absolute Gasteiger partial charge is 0.351 e. The molecular weight excluding hydrogens is 410 g/mol. The fourth-order valence-corrected chi connectivity index (χ4v) is 4.44. The molecule has 0 aliphatic heterocycles. The second-order valence-electron chi connectivity index (χ2n) is 7.74. The molecule has 1 aromatic carbocycles. The van der Waals surface area contributed by atoms with E-state index in [0.29, 0.717) is 0 Å². The number of pyridine rings is 1. The van der Waals surface area contributed by atoms with Crippen molar-refractivity contribution in [2.75, 3.05) is 0 Å². The minimum Gasteiger partial charge on any atom is -0.351 e. The molecule has 1 N–H and O–H groups in total. The maximum Gasteiger partial charge on any atom is 0.276 e. The number of hydrogen-bond donors (Lipinski definition) is 1. The van der Waals surface area contributed by atoms with Crippen LogP contribution >= 0.6 is 11.5 Å². The van der Waals surface area contributed by atoms with Crippen molar-refractivity contribution in [2.24, 2.45) is 0 Å². The standard InChI is InChI=1S/C23H25N5O2S/c29-22(25-19-11-5-2-6-12-19)21(18-9-3-1-4-10-18)28(15-17-8-7-13-24-14-17)23(30)20-16-31-27-26-20/h1,3-4,7-10,13-14,16,19,21H,2,5-6,11-12,15H2,(H,25,29). The minimum absolute atomic E-state index is 0.142. The van der Waals surface area contributed by atoms with Crippen molar-refractivity contribution in [3.05, 3.63) is 77.1 Å². The number of nitrogens with one attached hydrogen (secondary N) is 1. The second kappa shape index (κ2) is 10.3. The van der Waals surface area contributed by atoms with Crippen LogP contribution in [-0.2, 0) is 11.3 Å². The van der Waals surface area contributed by atoms with Gasteiger partial charge in [-0.05, 0) is 41.6 Å². The Balaban J connectivity index is 1.69. The van der Waals surface area contributed by atoms with Gasteiger partial charge in [-0.3, -0.25) is 14.6 Å². The van der Waals surface area contributed by atoms with E-state index in [1.165, 1.54) is 6.42 Å². The van der Waals surface area contributed by atoms with Crippen molar-refractivity contribution in [1.82, 2.24) is 24.8 Å². The molecule has 1 aliphatic rings. The van der Waals surface area contributed by atoms with E-state index in [0.717, 1.165) is 48.3 Å². The van der Waals surface area contributed by atoms with Gasteiger partial charge in [-0.25, -0.2) is 0 Å². The zero-order valence-electron chi connectivity index (χ0n) is 17.2. The maximum absolute atomic E-state index is 13.6. The number of carbonyl (C=O) groups is 2. The van der Waals surface area contributed by atoms with Gasteiger partial charge in [-0.2, -0.15) is 0 Å². The first-order valence-electron chi connectivity index (χ1n) is 10.5. The molecule has 0 spiro atoms. The van der Waals surface area contributed by atoms with Crippen LogP contribution < -0.4 is 5.32 Å². The summed E-state index contributed by atoms with van der Waals surface area (Å²) in [5.41, 5.74) is 1.84. The van der Waals surface area contributed by atoms with E-state index >= 15 is 0 Å². The third-order valence-corrected chi connectivity index (χ3v) is 6.05. The lowest BCUT2D eigenvalue weighted by Crippen LogP contribution is -2.47. The summed E-state index contributed by atoms with van der Waals surface area (Å²) in [7, 11) is 0. The quantitative estimate of drug-likeness (QED) is 0.610. The van der Waals surface area contributed by atoms with Crippen molar-refractivity contribution in [3.63, 3.8) is 0 Å². The summed E-state index contributed by atoms with van der Waals surface area (Å²) in [6.07, 6.45) is 8.77. The predicted octanol–water partition coefficient (Wildman–Crippen LogP) is 3.77. The molecule has 0 saturated heterocycles. The summed E-state index contributed by atoms with van der Waals surface area (Å²) in [5.74, 6) is -0.497. The summed E-state index contributed by atoms with van der Waals surface area (Å²) in [4.78, 5) is 32.8. The van der Waals surface area contributed by atoms with E-state index in [1.807, 2.05) is 42.5 Å². The second-order valence-corrected chi connectivity index (χ2v) is 8.35. The molecule has 1 saturated carbocycles. The number of rotatable bonds is 7. The summed E-state index contributed by atoms with van der Waals surface area (Å²) in [5, 5.41) is 8.77. The summed E-state index contributed by atoms with van der Waals surface area (Å²) < 4.78 is 3.83. The Hall–Kier alpha value is -3.13. The van der Waals surface area contributed by atoms with Crippen molar-refractivity contribution in [3.8, 4) is 0 Å². The molecule has 4 rings (SSSR count). The Kier molecular flexibility index (Phi) is 6.99. The average Bonchev–Trinajstić information content (AvgIpc) is 3.35. The number of aromatic nitrogens is 3. The van der Waals surface area contributed by atoms with Crippen LogP contribution in [0.2, 0.25) is 0 Å². The lowest BCUT2D eigenvalue weighted by atomic mass is 9.94. The molecule has 1 atom stereocenters. The van der Waals surface area contributed by atoms with E-state index in [2.05, 4.69) is 19.9 Å². The first-order chi connectivity index (χ1) is 15.2. The average molecular weight is 436 g/mol. The first-order valence-corrected chi connectivity index (χ1v) is 11.4. The fourth-order valence-electron chi connectivity index (χ4n) is 4.01. The van der Waals surface area contributed by atoms with Crippen molar-refractivity contribution < 1.29 is 9.59 Å². The van der Waals surface area contributed by atoms with Gasteiger partial charge in [0.25, 0.3) is 5.91 Å². The highest BCUT2D eigenvalue weighted by molar-refractivity contribution is 7.03. The normalized spacial score (nSPS) is 15.2. The zero-order chi connectivity index (χ0) is 21.5. The van der Waals surface area contributed by atoms with Gasteiger partial charge < -0.3 is 10.2 Å². The number of amides is 2. The van der Waals surface area contributed by atoms with Crippen molar-refractivity contribution in [2.45, 2.75) is 50.7 Å². The third-order valence-electron chi connectivity index (χ3n) is 5.54. The molecule has 2 aromatic heterocycles. The minimum atomic E-state index is -0.780. The van der Waals surface area contributed by atoms with E-state index in [-0.39, 0.29) is 30.1 Å². The molecule has 2 amide bonds. The molecule has 2 heterocycles. The number of carbonyl (C=O) groups excluding carboxylic acids is 2. The molecule has 8 heteroatoms. The zero-order valence-corrected chi connectivity index (χ0v) is 18.0. The first kappa shape index (κ1) is 21.1. The smallest absolute Gasteiger partial charge is 0.276 e. The Morgan fingerprint density at radius 3 is 2.58 bits per heavy atom. The molecule has 1 fully saturated rings. The molecular formula is C23H25N5O2S. The Morgan fingerprint density at radius 2 is 1.90 bits per heavy atom. The maximum atomic E-state index is 13.6. The molecule has 31 heavy (non-hydrogen) atoms. The molecule has 3 aromatic rings. The molecule has 160 valence electrons. The van der Waals surface area contributed by atoms with E-state index < -0.39 is 6.04 Å². The molecule has 0 bridgehead atoms. The predicted molar refractivity (Wildman–Crippen MR) is 118 cm³/mol. The van der Waals surface area contributed by atoms with Gasteiger partial charge in [0, 0.05) is 30.4 Å². The molecule has 0 radical (unpaired) electrons. The van der Waals surface area contributed by atoms with E-state index in [4.69, 9.17) is 0 Å². The van der Waals surface area contributed by atoms with Crippen LogP contribution in [0.1, 0.15) is 59.8 Å². The molecule has 7 nitrogen and oxygen atoms in total. The van der Waals surface area contributed by atoms with Crippen LogP contribution in [0.4, 0.5) is 0 Å². The van der Waals surface area contributed by atoms with E-state index in [9.17, 15) is 9.59 Å². The lowest BCUT2D eigenvalue weighted by Gasteiger charge is -2.33. The van der Waals surface area contributed by atoms with Gasteiger partial charge in [0.1, 0.15) is 6.04 Å². The van der Waals surface area contributed by atoms with Gasteiger partial charge >= 0.3 is 0 Å². The Bertz CT molecular complexity index is 976. The fraction of sp³-hybridized carbons (Fsp3) is 0.348. The number of nitrogens with zero attached hydrogens (tertiary/aromatic N) is 4. The van der Waals surface area contributed by atoms with Crippen LogP contribution in [0.25, 0.3) is 0 Å². The van der Waals surface area contributed by atoms with Crippen LogP contribution in [0.3, 0.4) is 0 Å². The van der Waals surface area contributed by atoms with Crippen LogP contribution in [0.5, 0.6) is 0 Å². The molecule has 1 unspecified atom stereocenters. The van der Waals surface area contributed by atoms with Gasteiger partial charge in [0.2, 0.25) is 5.91 Å². The summed E-state index contributed by atoms with van der Waals surface area (Å²) in [6.45, 7) is 0.238. The Labute approximate surface area is 185 Å². The SMILES string of the molecule is O=C(NC1CCCCC1)C(c1ccccc1)N(Cc1cccnc1)C(=O)c1csnn1. The number of hydrogen-bond acceptors (Lipinski definition) is 6. The molecule has 1 aliphatic carbocycles. The van der Waals surface area contributed by atoms with Crippen molar-refractivity contribution >= 4 is 23.3 Å². The number of benzene rings is 1. The van der Waals surface area contributed by atoms with Gasteiger partial charge in [-0.15, -0.1) is 5.10 Å². The van der Waals surface area contributed by atoms with Gasteiger partial charge in [0.05, 0.1) is 0 Å². The van der Waals surface area contributed by atoms with Crippen molar-refractivity contribution in [1.29, 1.82) is 0 Å². The highest BCUT2D eigenvalue weighted by atomic mass is 32.1. The summed E-state index contributed by atoms with van der Waals surface area (Å²) >= 11 is 1.11. The lowest BCUT2D eigenvalue weighted by molar-refractivity contribution is -0.127. The van der Waals surface area contributed by atoms with Gasteiger partial charge in [0.15, 0.2) is 5.69 Å². The highest BCUT2D eigenvalue weighted by Crippen LogP contribution is 2.27.